The molecule has 0 aromatic carbocycles. The van der Waals surface area contributed by atoms with E-state index in [1.807, 2.05) is 6.07 Å². The molecule has 2 heterocycles. The summed E-state index contributed by atoms with van der Waals surface area (Å²) in [4.78, 5) is 15.8. The number of amides is 1. The fourth-order valence-corrected chi connectivity index (χ4v) is 1.61. The lowest BCUT2D eigenvalue weighted by molar-refractivity contribution is -0.142. The van der Waals surface area contributed by atoms with Gasteiger partial charge in [0.2, 0.25) is 0 Å². The van der Waals surface area contributed by atoms with Crippen LogP contribution in [0.5, 0.6) is 0 Å². The predicted molar refractivity (Wildman–Crippen MR) is 66.1 cm³/mol. The highest BCUT2D eigenvalue weighted by Gasteiger charge is 2.22. The molecule has 6 heteroatoms. The minimum atomic E-state index is -0.533. The van der Waals surface area contributed by atoms with Crippen molar-refractivity contribution in [2.45, 2.75) is 6.10 Å². The lowest BCUT2D eigenvalue weighted by atomic mass is 10.3. The summed E-state index contributed by atoms with van der Waals surface area (Å²) in [7, 11) is 0. The van der Waals surface area contributed by atoms with Gasteiger partial charge in [-0.25, -0.2) is 4.98 Å². The lowest BCUT2D eigenvalue weighted by Gasteiger charge is -2.21. The number of hydrogen-bond donors (Lipinski definition) is 1. The van der Waals surface area contributed by atoms with Crippen LogP contribution in [0.4, 0.5) is 5.82 Å². The Bertz CT molecular complexity index is 363. The summed E-state index contributed by atoms with van der Waals surface area (Å²) in [6.45, 7) is 1.31. The average Bonchev–Trinajstić information content (AvgIpc) is 2.33. The minimum absolute atomic E-state index is 0.214. The molecule has 5 nitrogen and oxygen atoms in total. The molecule has 0 radical (unpaired) electrons. The van der Waals surface area contributed by atoms with Gasteiger partial charge in [0.1, 0.15) is 5.82 Å². The standard InChI is InChI=1S/C10H11IN2O3/c11-7-1-2-9(12-5-7)13-10(14)8-6-15-3-4-16-8/h1-2,5,8H,3-4,6H2,(H,12,13,14)/t8-/m1/s1. The van der Waals surface area contributed by atoms with Crippen molar-refractivity contribution < 1.29 is 14.3 Å². The highest BCUT2D eigenvalue weighted by Crippen LogP contribution is 2.09. The Kier molecular flexibility index (Phi) is 4.08. The van der Waals surface area contributed by atoms with Gasteiger partial charge in [0.25, 0.3) is 5.91 Å². The zero-order valence-corrected chi connectivity index (χ0v) is 10.6. The molecule has 86 valence electrons. The number of nitrogens with zero attached hydrogens (tertiary/aromatic N) is 1. The molecule has 0 unspecified atom stereocenters. The molecule has 1 aromatic rings. The van der Waals surface area contributed by atoms with Crippen LogP contribution in [-0.4, -0.2) is 36.8 Å². The van der Waals surface area contributed by atoms with E-state index >= 15 is 0 Å². The Morgan fingerprint density at radius 1 is 1.50 bits per heavy atom. The van der Waals surface area contributed by atoms with Crippen LogP contribution < -0.4 is 5.32 Å². The molecule has 1 aliphatic rings. The Labute approximate surface area is 107 Å². The molecule has 1 N–H and O–H groups in total. The molecule has 1 atom stereocenters. The van der Waals surface area contributed by atoms with Crippen molar-refractivity contribution in [3.05, 3.63) is 21.9 Å². The van der Waals surface area contributed by atoms with Gasteiger partial charge in [-0.15, -0.1) is 0 Å². The van der Waals surface area contributed by atoms with E-state index < -0.39 is 6.10 Å². The molecule has 1 amide bonds. The van der Waals surface area contributed by atoms with Crippen molar-refractivity contribution >= 4 is 34.3 Å². The monoisotopic (exact) mass is 334 g/mol. The van der Waals surface area contributed by atoms with Gasteiger partial charge >= 0.3 is 0 Å². The third kappa shape index (κ3) is 3.13. The molecule has 0 aliphatic carbocycles. The van der Waals surface area contributed by atoms with Gasteiger partial charge < -0.3 is 14.8 Å². The summed E-state index contributed by atoms with van der Waals surface area (Å²) in [5.74, 6) is 0.313. The van der Waals surface area contributed by atoms with Gasteiger partial charge in [0.15, 0.2) is 6.10 Å². The number of carbonyl (C=O) groups is 1. The second-order valence-electron chi connectivity index (χ2n) is 3.29. The maximum atomic E-state index is 11.7. The second kappa shape index (κ2) is 5.55. The molecule has 0 saturated carbocycles. The van der Waals surface area contributed by atoms with E-state index in [1.54, 1.807) is 12.3 Å². The van der Waals surface area contributed by atoms with Crippen LogP contribution >= 0.6 is 22.6 Å². The fourth-order valence-electron chi connectivity index (χ4n) is 1.30. The highest BCUT2D eigenvalue weighted by atomic mass is 127. The number of halogens is 1. The van der Waals surface area contributed by atoms with Crippen LogP contribution in [0.15, 0.2) is 18.3 Å². The summed E-state index contributed by atoms with van der Waals surface area (Å²) in [6.07, 6.45) is 1.16. The van der Waals surface area contributed by atoms with Gasteiger partial charge in [-0.3, -0.25) is 4.79 Å². The average molecular weight is 334 g/mol. The Balaban J connectivity index is 1.93. The first-order valence-electron chi connectivity index (χ1n) is 4.87. The molecule has 1 aliphatic heterocycles. The third-order valence-electron chi connectivity index (χ3n) is 2.09. The van der Waals surface area contributed by atoms with Crippen molar-refractivity contribution in [3.63, 3.8) is 0 Å². The smallest absolute Gasteiger partial charge is 0.257 e. The van der Waals surface area contributed by atoms with E-state index in [0.717, 1.165) is 3.57 Å². The predicted octanol–water partition coefficient (Wildman–Crippen LogP) is 1.04. The first-order chi connectivity index (χ1) is 7.75. The second-order valence-corrected chi connectivity index (χ2v) is 4.53. The van der Waals surface area contributed by atoms with E-state index in [2.05, 4.69) is 32.9 Å². The van der Waals surface area contributed by atoms with E-state index in [1.165, 1.54) is 0 Å². The number of carbonyl (C=O) groups excluding carboxylic acids is 1. The van der Waals surface area contributed by atoms with Crippen LogP contribution in [-0.2, 0) is 14.3 Å². The number of aromatic nitrogens is 1. The number of anilines is 1. The maximum Gasteiger partial charge on any atom is 0.257 e. The quantitative estimate of drug-likeness (QED) is 0.821. The van der Waals surface area contributed by atoms with E-state index in [4.69, 9.17) is 9.47 Å². The Hall–Kier alpha value is -0.730. The third-order valence-corrected chi connectivity index (χ3v) is 2.73. The molecule has 2 rings (SSSR count). The summed E-state index contributed by atoms with van der Waals surface area (Å²) in [5, 5.41) is 2.68. The molecular formula is C10H11IN2O3. The highest BCUT2D eigenvalue weighted by molar-refractivity contribution is 14.1. The molecule has 1 aromatic heterocycles. The zero-order valence-electron chi connectivity index (χ0n) is 8.48. The zero-order chi connectivity index (χ0) is 11.4. The van der Waals surface area contributed by atoms with Crippen molar-refractivity contribution in [3.8, 4) is 0 Å². The Morgan fingerprint density at radius 3 is 3.00 bits per heavy atom. The number of ether oxygens (including phenoxy) is 2. The first kappa shape index (κ1) is 11.7. The lowest BCUT2D eigenvalue weighted by Crippen LogP contribution is -2.39. The minimum Gasteiger partial charge on any atom is -0.376 e. The Morgan fingerprint density at radius 2 is 2.38 bits per heavy atom. The summed E-state index contributed by atoms with van der Waals surface area (Å²) in [6, 6.07) is 3.63. The summed E-state index contributed by atoms with van der Waals surface area (Å²) < 4.78 is 11.4. The normalized spacial score (nSPS) is 20.4. The molecular weight excluding hydrogens is 323 g/mol. The SMILES string of the molecule is O=C(Nc1ccc(I)cn1)[C@H]1COCCO1. The van der Waals surface area contributed by atoms with Crippen LogP contribution in [0.2, 0.25) is 0 Å². The summed E-state index contributed by atoms with van der Waals surface area (Å²) >= 11 is 2.15. The van der Waals surface area contributed by atoms with Gasteiger partial charge in [-0.05, 0) is 34.7 Å². The molecule has 1 fully saturated rings. The number of rotatable bonds is 2. The van der Waals surface area contributed by atoms with Crippen LogP contribution in [0, 0.1) is 3.57 Å². The van der Waals surface area contributed by atoms with Crippen LogP contribution in [0.3, 0.4) is 0 Å². The maximum absolute atomic E-state index is 11.7. The van der Waals surface area contributed by atoms with Crippen molar-refractivity contribution in [2.24, 2.45) is 0 Å². The largest absolute Gasteiger partial charge is 0.376 e. The number of hydrogen-bond acceptors (Lipinski definition) is 4. The van der Waals surface area contributed by atoms with Gasteiger partial charge in [0.05, 0.1) is 19.8 Å². The molecule has 0 spiro atoms. The summed E-state index contributed by atoms with van der Waals surface area (Å²) in [5.41, 5.74) is 0. The van der Waals surface area contributed by atoms with Gasteiger partial charge in [0, 0.05) is 9.77 Å². The molecule has 16 heavy (non-hydrogen) atoms. The van der Waals surface area contributed by atoms with Crippen LogP contribution in [0.1, 0.15) is 0 Å². The van der Waals surface area contributed by atoms with Crippen molar-refractivity contribution in [1.82, 2.24) is 4.98 Å². The number of nitrogens with one attached hydrogen (secondary N) is 1. The topological polar surface area (TPSA) is 60.5 Å². The van der Waals surface area contributed by atoms with Crippen LogP contribution in [0.25, 0.3) is 0 Å². The van der Waals surface area contributed by atoms with E-state index in [9.17, 15) is 4.79 Å². The van der Waals surface area contributed by atoms with E-state index in [0.29, 0.717) is 25.6 Å². The molecule has 1 saturated heterocycles. The first-order valence-corrected chi connectivity index (χ1v) is 5.95. The van der Waals surface area contributed by atoms with Crippen molar-refractivity contribution in [1.29, 1.82) is 0 Å². The molecule has 0 bridgehead atoms. The number of pyridine rings is 1. The van der Waals surface area contributed by atoms with Crippen molar-refractivity contribution in [2.75, 3.05) is 25.1 Å². The fraction of sp³-hybridized carbons (Fsp3) is 0.400. The van der Waals surface area contributed by atoms with E-state index in [-0.39, 0.29) is 5.91 Å². The van der Waals surface area contributed by atoms with Gasteiger partial charge in [-0.1, -0.05) is 0 Å². The van der Waals surface area contributed by atoms with Gasteiger partial charge in [-0.2, -0.15) is 0 Å².